The largest absolute Gasteiger partial charge is 0.461 e. The summed E-state index contributed by atoms with van der Waals surface area (Å²) < 4.78 is 5.04. The molecule has 0 saturated heterocycles. The molecule has 0 amide bonds. The molecule has 0 aliphatic carbocycles. The first-order valence-electron chi connectivity index (χ1n) is 13.8. The molecule has 0 N–H and O–H groups in total. The summed E-state index contributed by atoms with van der Waals surface area (Å²) in [7, 11) is 0. The molecule has 0 fully saturated rings. The monoisotopic (exact) mass is 540 g/mol. The molecule has 3 nitrogen and oxygen atoms in total. The van der Waals surface area contributed by atoms with Crippen molar-refractivity contribution < 1.29 is 14.3 Å². The van der Waals surface area contributed by atoms with Crippen molar-refractivity contribution in [3.63, 3.8) is 0 Å². The SMILES string of the molecule is CC(=O)OCc1ccc(C)c2ccccc12.Cc1ccc(C)c2ccccc12.Cc1ccc(C=O)c2ccccc12. The average Bonchev–Trinajstić information content (AvgIpc) is 3.00. The zero-order chi connectivity index (χ0) is 29.4. The molecule has 0 bridgehead atoms. The van der Waals surface area contributed by atoms with Gasteiger partial charge in [-0.05, 0) is 87.8 Å². The van der Waals surface area contributed by atoms with Gasteiger partial charge < -0.3 is 4.74 Å². The Labute approximate surface area is 242 Å². The van der Waals surface area contributed by atoms with E-state index in [4.69, 9.17) is 4.74 Å². The van der Waals surface area contributed by atoms with E-state index in [9.17, 15) is 9.59 Å². The van der Waals surface area contributed by atoms with Gasteiger partial charge in [-0.3, -0.25) is 9.59 Å². The van der Waals surface area contributed by atoms with Crippen molar-refractivity contribution in [1.29, 1.82) is 0 Å². The van der Waals surface area contributed by atoms with Crippen LogP contribution in [0.1, 0.15) is 45.1 Å². The number of hydrogen-bond donors (Lipinski definition) is 0. The molecule has 6 aromatic rings. The second-order valence-corrected chi connectivity index (χ2v) is 10.2. The Morgan fingerprint density at radius 3 is 1.37 bits per heavy atom. The number of rotatable bonds is 3. The summed E-state index contributed by atoms with van der Waals surface area (Å²) in [6, 6.07) is 36.9. The van der Waals surface area contributed by atoms with Crippen molar-refractivity contribution in [2.24, 2.45) is 0 Å². The maximum Gasteiger partial charge on any atom is 0.302 e. The molecule has 0 heterocycles. The normalized spacial score (nSPS) is 10.4. The number of carbonyl (C=O) groups excluding carboxylic acids is 2. The van der Waals surface area contributed by atoms with Gasteiger partial charge in [0.2, 0.25) is 0 Å². The van der Waals surface area contributed by atoms with Crippen LogP contribution in [0.15, 0.2) is 109 Å². The van der Waals surface area contributed by atoms with Gasteiger partial charge in [-0.1, -0.05) is 109 Å². The Bertz CT molecular complexity index is 1790. The summed E-state index contributed by atoms with van der Waals surface area (Å²) in [5.41, 5.74) is 6.98. The Morgan fingerprint density at radius 2 is 0.902 bits per heavy atom. The first-order valence-corrected chi connectivity index (χ1v) is 13.8. The van der Waals surface area contributed by atoms with Crippen LogP contribution in [0.2, 0.25) is 0 Å². The zero-order valence-electron chi connectivity index (χ0n) is 24.4. The molecule has 0 aromatic heterocycles. The molecule has 0 radical (unpaired) electrons. The van der Waals surface area contributed by atoms with Crippen LogP contribution in [-0.2, 0) is 16.1 Å². The first kappa shape index (κ1) is 29.2. The van der Waals surface area contributed by atoms with Crippen molar-refractivity contribution in [1.82, 2.24) is 0 Å². The number of esters is 1. The van der Waals surface area contributed by atoms with Crippen molar-refractivity contribution in [3.8, 4) is 0 Å². The van der Waals surface area contributed by atoms with Crippen molar-refractivity contribution >= 4 is 44.6 Å². The summed E-state index contributed by atoms with van der Waals surface area (Å²) in [6.45, 7) is 10.2. The van der Waals surface area contributed by atoms with Gasteiger partial charge in [-0.15, -0.1) is 0 Å². The zero-order valence-corrected chi connectivity index (χ0v) is 24.4. The predicted octanol–water partition coefficient (Wildman–Crippen LogP) is 9.63. The summed E-state index contributed by atoms with van der Waals surface area (Å²) in [5, 5.41) is 7.32. The fraction of sp³-hybridized carbons (Fsp3) is 0.158. The third-order valence-corrected chi connectivity index (χ3v) is 7.33. The molecule has 0 aliphatic heterocycles. The van der Waals surface area contributed by atoms with Crippen LogP contribution < -0.4 is 0 Å². The fourth-order valence-corrected chi connectivity index (χ4v) is 4.99. The highest BCUT2D eigenvalue weighted by atomic mass is 16.5. The Morgan fingerprint density at radius 1 is 0.537 bits per heavy atom. The van der Waals surface area contributed by atoms with Gasteiger partial charge in [0.15, 0.2) is 6.29 Å². The highest BCUT2D eigenvalue weighted by Gasteiger charge is 2.04. The van der Waals surface area contributed by atoms with E-state index < -0.39 is 0 Å². The van der Waals surface area contributed by atoms with Crippen LogP contribution in [0.3, 0.4) is 0 Å². The van der Waals surface area contributed by atoms with E-state index in [2.05, 4.69) is 82.3 Å². The smallest absolute Gasteiger partial charge is 0.302 e. The van der Waals surface area contributed by atoms with Gasteiger partial charge in [-0.25, -0.2) is 0 Å². The second kappa shape index (κ2) is 13.5. The van der Waals surface area contributed by atoms with Gasteiger partial charge in [0.05, 0.1) is 0 Å². The number of carbonyl (C=O) groups is 2. The van der Waals surface area contributed by atoms with Crippen molar-refractivity contribution in [3.05, 3.63) is 143 Å². The van der Waals surface area contributed by atoms with E-state index in [-0.39, 0.29) is 5.97 Å². The number of ether oxygens (including phenoxy) is 1. The lowest BCUT2D eigenvalue weighted by Crippen LogP contribution is -1.99. The lowest BCUT2D eigenvalue weighted by Gasteiger charge is -2.08. The molecule has 0 saturated carbocycles. The van der Waals surface area contributed by atoms with E-state index in [1.807, 2.05) is 54.6 Å². The van der Waals surface area contributed by atoms with Crippen LogP contribution in [0.4, 0.5) is 0 Å². The van der Waals surface area contributed by atoms with Crippen LogP contribution in [-0.4, -0.2) is 12.3 Å². The number of benzene rings is 6. The van der Waals surface area contributed by atoms with Gasteiger partial charge in [0.1, 0.15) is 6.61 Å². The average molecular weight is 541 g/mol. The van der Waals surface area contributed by atoms with Crippen LogP contribution in [0.25, 0.3) is 32.3 Å². The summed E-state index contributed by atoms with van der Waals surface area (Å²) in [5.74, 6) is -0.246. The quantitative estimate of drug-likeness (QED) is 0.166. The molecule has 0 unspecified atom stereocenters. The second-order valence-electron chi connectivity index (χ2n) is 10.2. The first-order chi connectivity index (χ1) is 19.8. The minimum Gasteiger partial charge on any atom is -0.461 e. The number of fused-ring (bicyclic) bond motifs is 3. The number of aryl methyl sites for hydroxylation is 4. The Kier molecular flexibility index (Phi) is 9.65. The van der Waals surface area contributed by atoms with E-state index in [1.54, 1.807) is 0 Å². The molecule has 3 heteroatoms. The van der Waals surface area contributed by atoms with Crippen LogP contribution in [0, 0.1) is 27.7 Å². The number of hydrogen-bond acceptors (Lipinski definition) is 3. The Balaban J connectivity index is 0.000000143. The Hall–Kier alpha value is -4.76. The molecule has 6 aromatic carbocycles. The van der Waals surface area contributed by atoms with Gasteiger partial charge in [0, 0.05) is 12.5 Å². The summed E-state index contributed by atoms with van der Waals surface area (Å²) in [4.78, 5) is 21.5. The van der Waals surface area contributed by atoms with E-state index in [0.29, 0.717) is 6.61 Å². The minimum absolute atomic E-state index is 0.246. The standard InChI is InChI=1S/C14H14O2.C12H10O.C12H12/c1-10-7-8-12(9-16-11(2)15)14-6-4-3-5-13(10)14;1-9-6-7-10(8-13)12-5-3-2-4-11(9)12;1-9-7-8-10(2)12-6-4-3-5-11(9)12/h3-8H,9H2,1-2H3;2-8H,1H3;3-8H,1-2H3. The van der Waals surface area contributed by atoms with E-state index in [0.717, 1.165) is 33.6 Å². The van der Waals surface area contributed by atoms with E-state index in [1.165, 1.54) is 45.3 Å². The fourth-order valence-electron chi connectivity index (χ4n) is 4.99. The summed E-state index contributed by atoms with van der Waals surface area (Å²) >= 11 is 0. The molecular weight excluding hydrogens is 504 g/mol. The highest BCUT2D eigenvalue weighted by molar-refractivity contribution is 5.99. The highest BCUT2D eigenvalue weighted by Crippen LogP contribution is 2.24. The molecular formula is C38H36O3. The third-order valence-electron chi connectivity index (χ3n) is 7.33. The molecule has 0 atom stereocenters. The van der Waals surface area contributed by atoms with E-state index >= 15 is 0 Å². The lowest BCUT2D eigenvalue weighted by atomic mass is 10.0. The predicted molar refractivity (Wildman–Crippen MR) is 172 cm³/mol. The minimum atomic E-state index is -0.246. The van der Waals surface area contributed by atoms with Gasteiger partial charge in [-0.2, -0.15) is 0 Å². The third kappa shape index (κ3) is 7.06. The summed E-state index contributed by atoms with van der Waals surface area (Å²) in [6.07, 6.45) is 0.905. The maximum atomic E-state index is 10.8. The lowest BCUT2D eigenvalue weighted by molar-refractivity contribution is -0.142. The van der Waals surface area contributed by atoms with Crippen LogP contribution >= 0.6 is 0 Å². The van der Waals surface area contributed by atoms with Crippen molar-refractivity contribution in [2.45, 2.75) is 41.2 Å². The topological polar surface area (TPSA) is 43.4 Å². The van der Waals surface area contributed by atoms with Gasteiger partial charge in [0.25, 0.3) is 0 Å². The molecule has 41 heavy (non-hydrogen) atoms. The molecule has 0 aliphatic rings. The molecule has 206 valence electrons. The van der Waals surface area contributed by atoms with Crippen molar-refractivity contribution in [2.75, 3.05) is 0 Å². The molecule has 6 rings (SSSR count). The maximum absolute atomic E-state index is 10.8. The number of aldehydes is 1. The van der Waals surface area contributed by atoms with Crippen LogP contribution in [0.5, 0.6) is 0 Å². The van der Waals surface area contributed by atoms with Gasteiger partial charge >= 0.3 is 5.97 Å². The molecule has 0 spiro atoms.